The first-order chi connectivity index (χ1) is 13.6. The van der Waals surface area contributed by atoms with Crippen molar-refractivity contribution in [2.24, 2.45) is 5.73 Å². The number of amides is 2. The fourth-order valence-corrected chi connectivity index (χ4v) is 2.31. The number of nitrogens with one attached hydrogen (secondary N) is 3. The monoisotopic (exact) mass is 413 g/mol. The Kier molecular flexibility index (Phi) is 9.25. The fraction of sp³-hybridized carbons (Fsp3) is 0.500. The summed E-state index contributed by atoms with van der Waals surface area (Å²) in [7, 11) is 0. The van der Waals surface area contributed by atoms with Gasteiger partial charge >= 0.3 is 17.9 Å². The first-order valence-electron chi connectivity index (χ1n) is 8.60. The van der Waals surface area contributed by atoms with E-state index < -0.39 is 54.3 Å². The minimum atomic E-state index is -1.47. The van der Waals surface area contributed by atoms with Gasteiger partial charge in [0.05, 0.1) is 18.1 Å². The first kappa shape index (κ1) is 23.6. The average molecular weight is 413 g/mol. The number of nitrogens with two attached hydrogens (primary N) is 1. The van der Waals surface area contributed by atoms with Gasteiger partial charge in [-0.25, -0.2) is 9.78 Å². The summed E-state index contributed by atoms with van der Waals surface area (Å²) in [6.45, 7) is 0. The summed E-state index contributed by atoms with van der Waals surface area (Å²) in [4.78, 5) is 63.9. The van der Waals surface area contributed by atoms with Gasteiger partial charge in [0.25, 0.3) is 0 Å². The molecule has 0 fully saturated rings. The van der Waals surface area contributed by atoms with Crippen LogP contribution in [0.4, 0.5) is 0 Å². The molecule has 2 amide bonds. The third-order valence-corrected chi connectivity index (χ3v) is 3.87. The van der Waals surface area contributed by atoms with Crippen molar-refractivity contribution in [2.45, 2.75) is 50.2 Å². The van der Waals surface area contributed by atoms with E-state index in [1.54, 1.807) is 0 Å². The van der Waals surface area contributed by atoms with Gasteiger partial charge in [0.1, 0.15) is 12.1 Å². The van der Waals surface area contributed by atoms with E-state index in [0.717, 1.165) is 0 Å². The average Bonchev–Trinajstić information content (AvgIpc) is 3.14. The van der Waals surface area contributed by atoms with Crippen LogP contribution in [0.2, 0.25) is 0 Å². The fourth-order valence-electron chi connectivity index (χ4n) is 2.31. The van der Waals surface area contributed by atoms with Crippen LogP contribution in [0.5, 0.6) is 0 Å². The minimum absolute atomic E-state index is 0.0992. The van der Waals surface area contributed by atoms with Gasteiger partial charge < -0.3 is 36.7 Å². The molecular formula is C16H23N5O8. The second-order valence-electron chi connectivity index (χ2n) is 6.20. The number of H-pyrrole nitrogens is 1. The van der Waals surface area contributed by atoms with E-state index in [4.69, 9.17) is 15.9 Å². The van der Waals surface area contributed by atoms with Crippen molar-refractivity contribution >= 4 is 29.7 Å². The summed E-state index contributed by atoms with van der Waals surface area (Å²) >= 11 is 0. The number of carbonyl (C=O) groups is 5. The molecule has 1 aromatic rings. The Morgan fingerprint density at radius 1 is 0.966 bits per heavy atom. The van der Waals surface area contributed by atoms with Gasteiger partial charge in [0, 0.05) is 25.5 Å². The Balaban J connectivity index is 2.85. The van der Waals surface area contributed by atoms with Crippen LogP contribution in [0.25, 0.3) is 0 Å². The largest absolute Gasteiger partial charge is 0.481 e. The Morgan fingerprint density at radius 2 is 1.55 bits per heavy atom. The lowest BCUT2D eigenvalue weighted by Crippen LogP contribution is -2.55. The van der Waals surface area contributed by atoms with Crippen molar-refractivity contribution in [2.75, 3.05) is 0 Å². The number of hydrogen-bond donors (Lipinski definition) is 7. The molecule has 0 spiro atoms. The van der Waals surface area contributed by atoms with Crippen molar-refractivity contribution in [3.8, 4) is 0 Å². The molecule has 1 aromatic heterocycles. The zero-order valence-electron chi connectivity index (χ0n) is 15.3. The number of nitrogens with zero attached hydrogens (tertiary/aromatic N) is 1. The van der Waals surface area contributed by atoms with Crippen LogP contribution in [-0.4, -0.2) is 73.1 Å². The molecule has 0 aromatic carbocycles. The van der Waals surface area contributed by atoms with Crippen molar-refractivity contribution in [1.82, 2.24) is 20.6 Å². The maximum absolute atomic E-state index is 12.5. The predicted octanol–water partition coefficient (Wildman–Crippen LogP) is -1.94. The highest BCUT2D eigenvalue weighted by Gasteiger charge is 2.29. The molecule has 29 heavy (non-hydrogen) atoms. The van der Waals surface area contributed by atoms with Gasteiger partial charge in [-0.1, -0.05) is 0 Å². The molecule has 3 atom stereocenters. The van der Waals surface area contributed by atoms with Gasteiger partial charge in [-0.05, 0) is 12.8 Å². The van der Waals surface area contributed by atoms with E-state index in [0.29, 0.717) is 5.69 Å². The van der Waals surface area contributed by atoms with Crippen LogP contribution in [0.3, 0.4) is 0 Å². The van der Waals surface area contributed by atoms with E-state index in [2.05, 4.69) is 20.6 Å². The third kappa shape index (κ3) is 8.83. The van der Waals surface area contributed by atoms with Crippen LogP contribution >= 0.6 is 0 Å². The van der Waals surface area contributed by atoms with Gasteiger partial charge in [-0.3, -0.25) is 19.2 Å². The molecule has 1 heterocycles. The van der Waals surface area contributed by atoms with Crippen molar-refractivity contribution in [1.29, 1.82) is 0 Å². The van der Waals surface area contributed by atoms with Crippen LogP contribution in [0.1, 0.15) is 31.4 Å². The maximum Gasteiger partial charge on any atom is 0.326 e. The normalized spacial score (nSPS) is 13.7. The Morgan fingerprint density at radius 3 is 2.07 bits per heavy atom. The molecule has 0 saturated carbocycles. The van der Waals surface area contributed by atoms with Gasteiger partial charge in [-0.15, -0.1) is 0 Å². The molecule has 0 bridgehead atoms. The van der Waals surface area contributed by atoms with E-state index in [1.165, 1.54) is 12.5 Å². The van der Waals surface area contributed by atoms with E-state index in [1.807, 2.05) is 0 Å². The van der Waals surface area contributed by atoms with Gasteiger partial charge in [0.2, 0.25) is 11.8 Å². The SMILES string of the molecule is N[C@@H](CCC(=O)O)C(=O)N[C@@H](Cc1c[nH]cn1)C(=O)N[C@@H](CCC(=O)O)C(=O)O. The summed E-state index contributed by atoms with van der Waals surface area (Å²) in [6.07, 6.45) is 1.38. The first-order valence-corrected chi connectivity index (χ1v) is 8.60. The quantitative estimate of drug-likeness (QED) is 0.189. The zero-order chi connectivity index (χ0) is 22.0. The summed E-state index contributed by atoms with van der Waals surface area (Å²) < 4.78 is 0. The lowest BCUT2D eigenvalue weighted by atomic mass is 10.1. The number of carbonyl (C=O) groups excluding carboxylic acids is 2. The molecule has 13 nitrogen and oxygen atoms in total. The zero-order valence-corrected chi connectivity index (χ0v) is 15.3. The highest BCUT2D eigenvalue weighted by atomic mass is 16.4. The molecule has 0 unspecified atom stereocenters. The number of aromatic amines is 1. The van der Waals surface area contributed by atoms with Crippen LogP contribution in [0.15, 0.2) is 12.5 Å². The molecule has 0 aliphatic heterocycles. The lowest BCUT2D eigenvalue weighted by molar-refractivity contribution is -0.143. The summed E-state index contributed by atoms with van der Waals surface area (Å²) in [5.41, 5.74) is 6.02. The number of carboxylic acid groups (broad SMARTS) is 3. The second kappa shape index (κ2) is 11.4. The number of rotatable bonds is 13. The molecule has 0 aliphatic rings. The Bertz CT molecular complexity index is 736. The molecule has 0 aliphatic carbocycles. The molecule has 1 rings (SSSR count). The second-order valence-corrected chi connectivity index (χ2v) is 6.20. The molecular weight excluding hydrogens is 390 g/mol. The van der Waals surface area contributed by atoms with Crippen molar-refractivity contribution in [3.05, 3.63) is 18.2 Å². The smallest absolute Gasteiger partial charge is 0.326 e. The Hall–Kier alpha value is -3.48. The molecule has 0 radical (unpaired) electrons. The summed E-state index contributed by atoms with van der Waals surface area (Å²) in [6, 6.07) is -3.92. The van der Waals surface area contributed by atoms with E-state index >= 15 is 0 Å². The van der Waals surface area contributed by atoms with Crippen molar-refractivity contribution < 1.29 is 39.3 Å². The highest BCUT2D eigenvalue weighted by Crippen LogP contribution is 2.04. The van der Waals surface area contributed by atoms with Gasteiger partial charge in [-0.2, -0.15) is 0 Å². The standard InChI is InChI=1S/C16H23N5O8/c17-9(1-3-12(22)23)14(26)21-11(5-8-6-18-7-19-8)15(27)20-10(16(28)29)2-4-13(24)25/h6-7,9-11H,1-5,17H2,(H,18,19)(H,20,27)(H,21,26)(H,22,23)(H,24,25)(H,28,29)/t9-,10-,11-/m0/s1. The lowest BCUT2D eigenvalue weighted by Gasteiger charge is -2.22. The number of aliphatic carboxylic acids is 3. The van der Waals surface area contributed by atoms with Crippen molar-refractivity contribution in [3.63, 3.8) is 0 Å². The van der Waals surface area contributed by atoms with Crippen LogP contribution in [0, 0.1) is 0 Å². The molecule has 0 saturated heterocycles. The number of imidazole rings is 1. The highest BCUT2D eigenvalue weighted by molar-refractivity contribution is 5.92. The number of carboxylic acids is 3. The number of hydrogen-bond acceptors (Lipinski definition) is 7. The summed E-state index contributed by atoms with van der Waals surface area (Å²) in [5.74, 6) is -5.45. The molecule has 160 valence electrons. The van der Waals surface area contributed by atoms with Gasteiger partial charge in [0.15, 0.2) is 0 Å². The summed E-state index contributed by atoms with van der Waals surface area (Å²) in [5, 5.41) is 31.1. The number of aromatic nitrogens is 2. The third-order valence-electron chi connectivity index (χ3n) is 3.87. The maximum atomic E-state index is 12.5. The van der Waals surface area contributed by atoms with Crippen LogP contribution < -0.4 is 16.4 Å². The topological polar surface area (TPSA) is 225 Å². The Labute approximate surface area is 164 Å². The van der Waals surface area contributed by atoms with E-state index in [9.17, 15) is 29.1 Å². The van der Waals surface area contributed by atoms with E-state index in [-0.39, 0.29) is 25.7 Å². The van der Waals surface area contributed by atoms with Crippen LogP contribution in [-0.2, 0) is 30.4 Å². The molecule has 13 heteroatoms. The molecule has 8 N–H and O–H groups in total. The minimum Gasteiger partial charge on any atom is -0.481 e. The predicted molar refractivity (Wildman–Crippen MR) is 95.5 cm³/mol.